The normalized spacial score (nSPS) is 19.7. The van der Waals surface area contributed by atoms with Crippen LogP contribution in [0.25, 0.3) is 10.9 Å². The zero-order valence-electron chi connectivity index (χ0n) is 22.1. The van der Waals surface area contributed by atoms with E-state index in [1.807, 2.05) is 37.3 Å². The van der Waals surface area contributed by atoms with Crippen molar-refractivity contribution in [3.8, 4) is 5.75 Å². The summed E-state index contributed by atoms with van der Waals surface area (Å²) < 4.78 is 6.00. The van der Waals surface area contributed by atoms with Crippen molar-refractivity contribution < 1.29 is 23.9 Å². The highest BCUT2D eigenvalue weighted by Gasteiger charge is 2.58. The highest BCUT2D eigenvalue weighted by atomic mass is 16.5. The van der Waals surface area contributed by atoms with E-state index in [9.17, 15) is 19.2 Å². The lowest BCUT2D eigenvalue weighted by Crippen LogP contribution is -2.62. The van der Waals surface area contributed by atoms with Gasteiger partial charge in [0.2, 0.25) is 0 Å². The SMILES string of the molecule is Cc1cc(COc2ccc(C(=O)N[C@@H]3CN(C(=O)c4cccnc4)C[C@]34NC(=O)NC4=O)cc2)c2ccccc2n1. The molecule has 4 aromatic rings. The summed E-state index contributed by atoms with van der Waals surface area (Å²) in [6, 6.07) is 18.2. The van der Waals surface area contributed by atoms with Gasteiger partial charge in [-0.1, -0.05) is 18.2 Å². The predicted octanol–water partition coefficient (Wildman–Crippen LogP) is 2.35. The summed E-state index contributed by atoms with van der Waals surface area (Å²) in [6.07, 6.45) is 2.98. The monoisotopic (exact) mass is 550 g/mol. The van der Waals surface area contributed by atoms with Crippen LogP contribution in [0.2, 0.25) is 0 Å². The molecule has 3 N–H and O–H groups in total. The van der Waals surface area contributed by atoms with Gasteiger partial charge >= 0.3 is 6.03 Å². The number of para-hydroxylation sites is 1. The Bertz CT molecular complexity index is 1680. The number of nitrogens with one attached hydrogen (secondary N) is 3. The standard InChI is InChI=1S/C30H26N6O5/c1-18-13-21(23-6-2-3-7-24(23)32-18)16-41-22-10-8-19(9-11-22)26(37)33-25-15-36(27(38)20-5-4-12-31-14-20)17-30(25)28(39)34-29(40)35-30/h2-14,25H,15-17H2,1H3,(H,33,37)(H2,34,35,39,40)/t25-,30+/m1/s1. The highest BCUT2D eigenvalue weighted by molar-refractivity contribution is 6.09. The fourth-order valence-corrected chi connectivity index (χ4v) is 5.33. The molecular weight excluding hydrogens is 524 g/mol. The fraction of sp³-hybridized carbons (Fsp3) is 0.200. The quantitative estimate of drug-likeness (QED) is 0.313. The molecule has 0 saturated carbocycles. The number of carbonyl (C=O) groups excluding carboxylic acids is 4. The van der Waals surface area contributed by atoms with Gasteiger partial charge in [0.25, 0.3) is 17.7 Å². The average Bonchev–Trinajstić information content (AvgIpc) is 3.49. The van der Waals surface area contributed by atoms with Gasteiger partial charge in [-0.05, 0) is 55.5 Å². The first-order chi connectivity index (χ1) is 19.8. The van der Waals surface area contributed by atoms with Crippen LogP contribution >= 0.6 is 0 Å². The van der Waals surface area contributed by atoms with Crippen molar-refractivity contribution >= 4 is 34.7 Å². The van der Waals surface area contributed by atoms with Crippen molar-refractivity contribution in [2.75, 3.05) is 13.1 Å². The third-order valence-electron chi connectivity index (χ3n) is 7.35. The number of rotatable bonds is 6. The van der Waals surface area contributed by atoms with Crippen molar-refractivity contribution in [2.24, 2.45) is 0 Å². The van der Waals surface area contributed by atoms with Gasteiger partial charge in [-0.2, -0.15) is 0 Å². The van der Waals surface area contributed by atoms with Gasteiger partial charge in [0.05, 0.1) is 23.7 Å². The van der Waals surface area contributed by atoms with Crippen LogP contribution in [-0.2, 0) is 11.4 Å². The van der Waals surface area contributed by atoms with Crippen LogP contribution in [0, 0.1) is 6.92 Å². The first-order valence-corrected chi connectivity index (χ1v) is 13.0. The molecule has 0 radical (unpaired) electrons. The lowest BCUT2D eigenvalue weighted by molar-refractivity contribution is -0.124. The summed E-state index contributed by atoms with van der Waals surface area (Å²) in [4.78, 5) is 61.2. The number of likely N-dealkylation sites (tertiary alicyclic amines) is 1. The summed E-state index contributed by atoms with van der Waals surface area (Å²) in [5.41, 5.74) is 1.98. The Morgan fingerprint density at radius 1 is 1.07 bits per heavy atom. The number of hydrogen-bond donors (Lipinski definition) is 3. The zero-order valence-corrected chi connectivity index (χ0v) is 22.1. The summed E-state index contributed by atoms with van der Waals surface area (Å²) >= 11 is 0. The second kappa shape index (κ2) is 10.3. The van der Waals surface area contributed by atoms with Crippen molar-refractivity contribution in [3.05, 3.63) is 102 Å². The Hall–Kier alpha value is -5.32. The number of aryl methyl sites for hydroxylation is 1. The second-order valence-electron chi connectivity index (χ2n) is 10.1. The molecule has 2 aromatic heterocycles. The van der Waals surface area contributed by atoms with E-state index < -0.39 is 29.4 Å². The van der Waals surface area contributed by atoms with E-state index in [1.165, 1.54) is 11.1 Å². The Labute approximate surface area is 234 Å². The number of nitrogens with zero attached hydrogens (tertiary/aromatic N) is 3. The largest absolute Gasteiger partial charge is 0.489 e. The number of urea groups is 1. The number of benzene rings is 2. The number of ether oxygens (including phenoxy) is 1. The molecule has 11 heteroatoms. The molecule has 41 heavy (non-hydrogen) atoms. The minimum atomic E-state index is -1.49. The van der Waals surface area contributed by atoms with E-state index in [1.54, 1.807) is 42.6 Å². The smallest absolute Gasteiger partial charge is 0.322 e. The fourth-order valence-electron chi connectivity index (χ4n) is 5.33. The molecule has 0 unspecified atom stereocenters. The van der Waals surface area contributed by atoms with Crippen molar-refractivity contribution in [1.29, 1.82) is 0 Å². The molecule has 5 amide bonds. The minimum Gasteiger partial charge on any atom is -0.489 e. The third-order valence-corrected chi connectivity index (χ3v) is 7.35. The van der Waals surface area contributed by atoms with E-state index in [-0.39, 0.29) is 19.0 Å². The molecule has 4 heterocycles. The molecule has 2 aliphatic rings. The molecule has 206 valence electrons. The molecule has 0 aliphatic carbocycles. The summed E-state index contributed by atoms with van der Waals surface area (Å²) in [6.45, 7) is 2.19. The predicted molar refractivity (Wildman–Crippen MR) is 148 cm³/mol. The maximum atomic E-state index is 13.2. The number of hydrogen-bond acceptors (Lipinski definition) is 7. The van der Waals surface area contributed by atoms with Crippen LogP contribution in [-0.4, -0.2) is 63.3 Å². The molecule has 2 atom stereocenters. The van der Waals surface area contributed by atoms with E-state index in [4.69, 9.17) is 4.74 Å². The summed E-state index contributed by atoms with van der Waals surface area (Å²) in [5, 5.41) is 8.72. The van der Waals surface area contributed by atoms with Crippen LogP contribution in [0.1, 0.15) is 32.0 Å². The molecule has 0 bridgehead atoms. The lowest BCUT2D eigenvalue weighted by Gasteiger charge is -2.27. The van der Waals surface area contributed by atoms with Gasteiger partial charge < -0.3 is 20.3 Å². The Morgan fingerprint density at radius 2 is 1.88 bits per heavy atom. The minimum absolute atomic E-state index is 0.0215. The van der Waals surface area contributed by atoms with Gasteiger partial charge in [-0.25, -0.2) is 4.79 Å². The number of carbonyl (C=O) groups is 4. The van der Waals surface area contributed by atoms with Crippen LogP contribution in [0.15, 0.2) is 79.1 Å². The van der Waals surface area contributed by atoms with Crippen LogP contribution < -0.4 is 20.7 Å². The van der Waals surface area contributed by atoms with Gasteiger partial charge in [0.1, 0.15) is 12.4 Å². The van der Waals surface area contributed by atoms with Gasteiger partial charge in [0, 0.05) is 41.1 Å². The topological polar surface area (TPSA) is 143 Å². The molecule has 2 fully saturated rings. The summed E-state index contributed by atoms with van der Waals surface area (Å²) in [5.74, 6) is -0.840. The Kier molecular flexibility index (Phi) is 6.54. The molecular formula is C30H26N6O5. The molecule has 1 spiro atoms. The molecule has 11 nitrogen and oxygen atoms in total. The first kappa shape index (κ1) is 25.9. The Balaban J connectivity index is 1.16. The average molecular weight is 551 g/mol. The highest BCUT2D eigenvalue weighted by Crippen LogP contribution is 2.27. The number of pyridine rings is 2. The molecule has 2 saturated heterocycles. The van der Waals surface area contributed by atoms with E-state index in [0.29, 0.717) is 23.5 Å². The van der Waals surface area contributed by atoms with E-state index >= 15 is 0 Å². The van der Waals surface area contributed by atoms with Crippen LogP contribution in [0.4, 0.5) is 4.79 Å². The van der Waals surface area contributed by atoms with Gasteiger partial charge in [-0.3, -0.25) is 29.7 Å². The van der Waals surface area contributed by atoms with Crippen molar-refractivity contribution in [2.45, 2.75) is 25.1 Å². The maximum Gasteiger partial charge on any atom is 0.322 e. The first-order valence-electron chi connectivity index (χ1n) is 13.0. The summed E-state index contributed by atoms with van der Waals surface area (Å²) in [7, 11) is 0. The zero-order chi connectivity index (χ0) is 28.6. The molecule has 2 aliphatic heterocycles. The van der Waals surface area contributed by atoms with Crippen LogP contribution in [0.3, 0.4) is 0 Å². The molecule has 6 rings (SSSR count). The number of aromatic nitrogens is 2. The number of amides is 5. The molecule has 2 aromatic carbocycles. The number of imide groups is 1. The lowest BCUT2D eigenvalue weighted by atomic mass is 9.93. The third kappa shape index (κ3) is 4.93. The van der Waals surface area contributed by atoms with Crippen LogP contribution in [0.5, 0.6) is 5.75 Å². The maximum absolute atomic E-state index is 13.2. The van der Waals surface area contributed by atoms with Gasteiger partial charge in [-0.15, -0.1) is 0 Å². The van der Waals surface area contributed by atoms with E-state index in [0.717, 1.165) is 22.2 Å². The second-order valence-corrected chi connectivity index (χ2v) is 10.1. The number of fused-ring (bicyclic) bond motifs is 1. The Morgan fingerprint density at radius 3 is 2.61 bits per heavy atom. The van der Waals surface area contributed by atoms with E-state index in [2.05, 4.69) is 25.9 Å². The van der Waals surface area contributed by atoms with Gasteiger partial charge in [0.15, 0.2) is 5.54 Å². The van der Waals surface area contributed by atoms with Crippen molar-refractivity contribution in [1.82, 2.24) is 30.8 Å². The van der Waals surface area contributed by atoms with Crippen molar-refractivity contribution in [3.63, 3.8) is 0 Å².